The predicted octanol–water partition coefficient (Wildman–Crippen LogP) is 1.57. The fourth-order valence-corrected chi connectivity index (χ4v) is 6.22. The number of fused-ring (bicyclic) bond motifs is 1. The van der Waals surface area contributed by atoms with Crippen molar-refractivity contribution in [3.05, 3.63) is 12.7 Å². The average molecular weight is 515 g/mol. The molecule has 0 unspecified atom stereocenters. The maximum Gasteiger partial charge on any atom is 0.246 e. The van der Waals surface area contributed by atoms with Crippen molar-refractivity contribution in [2.24, 2.45) is 34.5 Å². The molecule has 4 fully saturated rings. The summed E-state index contributed by atoms with van der Waals surface area (Å²) in [7, 11) is 0. The quantitative estimate of drug-likeness (QED) is 0.403. The van der Waals surface area contributed by atoms with Crippen LogP contribution in [0.25, 0.3) is 0 Å². The Morgan fingerprint density at radius 1 is 1.14 bits per heavy atom. The third-order valence-corrected chi connectivity index (χ3v) is 8.89. The van der Waals surface area contributed by atoms with Crippen molar-refractivity contribution in [1.29, 1.82) is 0 Å². The third kappa shape index (κ3) is 5.46. The van der Waals surface area contributed by atoms with Gasteiger partial charge < -0.3 is 20.9 Å². The van der Waals surface area contributed by atoms with Gasteiger partial charge in [-0.3, -0.25) is 24.0 Å². The van der Waals surface area contributed by atoms with E-state index in [4.69, 9.17) is 0 Å². The molecule has 2 heterocycles. The lowest BCUT2D eigenvalue weighted by Gasteiger charge is -2.38. The summed E-state index contributed by atoms with van der Waals surface area (Å²) in [5.41, 5.74) is -0.644. The number of rotatable bonds is 9. The van der Waals surface area contributed by atoms with Gasteiger partial charge in [0.05, 0.1) is 6.04 Å². The molecule has 2 saturated heterocycles. The molecule has 0 aromatic rings. The minimum absolute atomic E-state index is 0.0336. The molecule has 0 aromatic heterocycles. The molecule has 0 radical (unpaired) electrons. The van der Waals surface area contributed by atoms with Crippen molar-refractivity contribution in [3.8, 4) is 0 Å². The van der Waals surface area contributed by atoms with Crippen LogP contribution in [0.5, 0.6) is 0 Å². The van der Waals surface area contributed by atoms with Crippen LogP contribution < -0.4 is 16.0 Å². The van der Waals surface area contributed by atoms with Gasteiger partial charge in [-0.25, -0.2) is 0 Å². The second kappa shape index (κ2) is 9.87. The Kier molecular flexibility index (Phi) is 7.29. The van der Waals surface area contributed by atoms with Gasteiger partial charge in [-0.15, -0.1) is 0 Å². The molecule has 4 rings (SSSR count). The van der Waals surface area contributed by atoms with E-state index in [-0.39, 0.29) is 64.9 Å². The van der Waals surface area contributed by atoms with E-state index in [9.17, 15) is 24.0 Å². The molecule has 2 aliphatic carbocycles. The summed E-state index contributed by atoms with van der Waals surface area (Å²) in [6, 6.07) is -2.38. The zero-order chi connectivity index (χ0) is 27.3. The molecule has 3 N–H and O–H groups in total. The number of nitrogens with zero attached hydrogens (tertiary/aromatic N) is 1. The van der Waals surface area contributed by atoms with Crippen molar-refractivity contribution >= 4 is 29.4 Å². The standard InChI is InChI=1S/C28H42N4O5/c1-7-19(33)18(13-16-9-8-12-29-23(16)34)30-25(36)21-20-17(28(20,5)6)14-32(21)26(37)22(27(2,3)4)31-24(35)15-10-11-15/h7,15-18,20-22H,1,8-14H2,2-6H3,(H,29,34)(H,30,36)(H,31,35)/t16-,17-,18-,20-,21-,22+/m0/s1. The SMILES string of the molecule is C=CC(=O)[C@H](C[C@@H]1CCCNC1=O)NC(=O)[C@@H]1[C@@H]2[C@H](CN1C(=O)[C@@H](NC(=O)C1CC1)C(C)(C)C)C2(C)C. The Morgan fingerprint density at radius 2 is 1.81 bits per heavy atom. The van der Waals surface area contributed by atoms with E-state index >= 15 is 0 Å². The van der Waals surface area contributed by atoms with Crippen LogP contribution in [0.1, 0.15) is 66.7 Å². The summed E-state index contributed by atoms with van der Waals surface area (Å²) in [6.45, 7) is 14.6. The predicted molar refractivity (Wildman–Crippen MR) is 138 cm³/mol. The number of hydrogen-bond donors (Lipinski definition) is 3. The highest BCUT2D eigenvalue weighted by molar-refractivity contribution is 5.99. The Labute approximate surface area is 219 Å². The monoisotopic (exact) mass is 514 g/mol. The first-order valence-electron chi connectivity index (χ1n) is 13.6. The molecule has 9 nitrogen and oxygen atoms in total. The van der Waals surface area contributed by atoms with E-state index in [1.165, 1.54) is 6.08 Å². The van der Waals surface area contributed by atoms with E-state index < -0.39 is 23.5 Å². The molecule has 0 spiro atoms. The van der Waals surface area contributed by atoms with Gasteiger partial charge in [-0.1, -0.05) is 41.2 Å². The average Bonchev–Trinajstić information content (AvgIpc) is 3.71. The van der Waals surface area contributed by atoms with Crippen LogP contribution in [0.15, 0.2) is 12.7 Å². The molecular weight excluding hydrogens is 472 g/mol. The van der Waals surface area contributed by atoms with Crippen LogP contribution >= 0.6 is 0 Å². The first-order valence-corrected chi connectivity index (χ1v) is 13.6. The van der Waals surface area contributed by atoms with E-state index in [0.717, 1.165) is 19.3 Å². The lowest BCUT2D eigenvalue weighted by Crippen LogP contribution is -2.60. The van der Waals surface area contributed by atoms with E-state index in [2.05, 4.69) is 36.4 Å². The molecule has 9 heteroatoms. The van der Waals surface area contributed by atoms with E-state index in [0.29, 0.717) is 19.5 Å². The maximum absolute atomic E-state index is 13.9. The fraction of sp³-hybridized carbons (Fsp3) is 0.750. The minimum Gasteiger partial charge on any atom is -0.356 e. The van der Waals surface area contributed by atoms with Crippen molar-refractivity contribution in [2.45, 2.75) is 84.8 Å². The number of hydrogen-bond acceptors (Lipinski definition) is 5. The zero-order valence-electron chi connectivity index (χ0n) is 22.8. The first kappa shape index (κ1) is 27.3. The second-order valence-corrected chi connectivity index (χ2v) is 13.0. The molecule has 2 aliphatic heterocycles. The zero-order valence-corrected chi connectivity index (χ0v) is 22.8. The maximum atomic E-state index is 13.9. The Hall–Kier alpha value is -2.71. The smallest absolute Gasteiger partial charge is 0.246 e. The van der Waals surface area contributed by atoms with Crippen molar-refractivity contribution < 1.29 is 24.0 Å². The molecular formula is C28H42N4O5. The summed E-state index contributed by atoms with van der Waals surface area (Å²) in [6.07, 6.45) is 4.52. The molecule has 2 saturated carbocycles. The van der Waals surface area contributed by atoms with Crippen LogP contribution in [0, 0.1) is 34.5 Å². The minimum atomic E-state index is -0.885. The molecule has 0 aromatic carbocycles. The Bertz CT molecular complexity index is 995. The number of piperidine rings is 2. The molecule has 204 valence electrons. The summed E-state index contributed by atoms with van der Waals surface area (Å²) in [5, 5.41) is 8.67. The van der Waals surface area contributed by atoms with Crippen molar-refractivity contribution in [3.63, 3.8) is 0 Å². The second-order valence-electron chi connectivity index (χ2n) is 13.0. The van der Waals surface area contributed by atoms with Crippen molar-refractivity contribution in [1.82, 2.24) is 20.9 Å². The van der Waals surface area contributed by atoms with Gasteiger partial charge in [0.1, 0.15) is 12.1 Å². The Morgan fingerprint density at radius 3 is 2.38 bits per heavy atom. The van der Waals surface area contributed by atoms with Gasteiger partial charge in [0.25, 0.3) is 0 Å². The van der Waals surface area contributed by atoms with E-state index in [1.807, 2.05) is 20.8 Å². The van der Waals surface area contributed by atoms with Gasteiger partial charge in [0.2, 0.25) is 23.6 Å². The normalized spacial score (nSPS) is 29.9. The highest BCUT2D eigenvalue weighted by Gasteiger charge is 2.70. The van der Waals surface area contributed by atoms with Gasteiger partial charge in [0.15, 0.2) is 5.78 Å². The van der Waals surface area contributed by atoms with Crippen molar-refractivity contribution in [2.75, 3.05) is 13.1 Å². The lowest BCUT2D eigenvalue weighted by atomic mass is 9.85. The first-order chi connectivity index (χ1) is 17.3. The van der Waals surface area contributed by atoms with Crippen LogP contribution in [0.3, 0.4) is 0 Å². The summed E-state index contributed by atoms with van der Waals surface area (Å²) < 4.78 is 0. The summed E-state index contributed by atoms with van der Waals surface area (Å²) in [5.74, 6) is -1.48. The number of nitrogens with one attached hydrogen (secondary N) is 3. The largest absolute Gasteiger partial charge is 0.356 e. The Balaban J connectivity index is 1.54. The topological polar surface area (TPSA) is 125 Å². The summed E-state index contributed by atoms with van der Waals surface area (Å²) >= 11 is 0. The highest BCUT2D eigenvalue weighted by Crippen LogP contribution is 2.65. The molecule has 6 atom stereocenters. The van der Waals surface area contributed by atoms with Crippen LogP contribution in [-0.2, 0) is 24.0 Å². The summed E-state index contributed by atoms with van der Waals surface area (Å²) in [4.78, 5) is 66.9. The number of likely N-dealkylation sites (tertiary alicyclic amines) is 1. The molecule has 0 bridgehead atoms. The van der Waals surface area contributed by atoms with Crippen LogP contribution in [0.2, 0.25) is 0 Å². The molecule has 4 aliphatic rings. The number of amides is 4. The van der Waals surface area contributed by atoms with Crippen LogP contribution in [-0.4, -0.2) is 65.5 Å². The van der Waals surface area contributed by atoms with Gasteiger partial charge in [-0.2, -0.15) is 0 Å². The van der Waals surface area contributed by atoms with Gasteiger partial charge in [-0.05, 0) is 60.8 Å². The third-order valence-electron chi connectivity index (χ3n) is 8.89. The van der Waals surface area contributed by atoms with Crippen LogP contribution in [0.4, 0.5) is 0 Å². The fourth-order valence-electron chi connectivity index (χ4n) is 6.22. The molecule has 4 amide bonds. The van der Waals surface area contributed by atoms with E-state index in [1.54, 1.807) is 4.90 Å². The molecule has 37 heavy (non-hydrogen) atoms. The highest BCUT2D eigenvalue weighted by atomic mass is 16.2. The van der Waals surface area contributed by atoms with Gasteiger partial charge >= 0.3 is 0 Å². The number of ketones is 1. The number of carbonyl (C=O) groups is 5. The number of carbonyl (C=O) groups excluding carboxylic acids is 5. The van der Waals surface area contributed by atoms with Gasteiger partial charge in [0, 0.05) is 24.9 Å². The lowest BCUT2D eigenvalue weighted by molar-refractivity contribution is -0.146.